The highest BCUT2D eigenvalue weighted by Crippen LogP contribution is 1.96. The molecular weight excluding hydrogens is 168 g/mol. The Kier molecular flexibility index (Phi) is 37.8. The summed E-state index contributed by atoms with van der Waals surface area (Å²) in [6, 6.07) is 0. The lowest BCUT2D eigenvalue weighted by atomic mass is 10.2. The molecule has 0 heterocycles. The number of allylic oxidation sites excluding steroid dienone is 5. The fraction of sp³-hybridized carbons (Fsp3) is 0.571. The summed E-state index contributed by atoms with van der Waals surface area (Å²) in [5, 5.41) is 0. The van der Waals surface area contributed by atoms with Gasteiger partial charge in [-0.25, -0.2) is 0 Å². The number of rotatable bonds is 2. The zero-order chi connectivity index (χ0) is 11.3. The minimum Gasteiger partial charge on any atom is -0.0988 e. The van der Waals surface area contributed by atoms with Crippen molar-refractivity contribution in [2.24, 2.45) is 0 Å². The van der Waals surface area contributed by atoms with Crippen molar-refractivity contribution in [1.82, 2.24) is 0 Å². The summed E-state index contributed by atoms with van der Waals surface area (Å²) in [7, 11) is 0. The van der Waals surface area contributed by atoms with E-state index in [9.17, 15) is 0 Å². The van der Waals surface area contributed by atoms with Gasteiger partial charge >= 0.3 is 0 Å². The highest BCUT2D eigenvalue weighted by atomic mass is 13.8. The van der Waals surface area contributed by atoms with Gasteiger partial charge in [-0.15, -0.1) is 0 Å². The molecule has 0 aromatic carbocycles. The molecule has 0 N–H and O–H groups in total. The van der Waals surface area contributed by atoms with Gasteiger partial charge in [0, 0.05) is 0 Å². The lowest BCUT2D eigenvalue weighted by Gasteiger charge is -1.86. The Hall–Kier alpha value is -0.780. The maximum absolute atomic E-state index is 3.64. The predicted molar refractivity (Wildman–Crippen MR) is 72.8 cm³/mol. The molecular formula is C14H30. The normalized spacial score (nSPS) is 7.79. The van der Waals surface area contributed by atoms with E-state index < -0.39 is 0 Å². The average Bonchev–Trinajstić information content (AvgIpc) is 2.20. The molecule has 0 aromatic heterocycles. The van der Waals surface area contributed by atoms with Crippen molar-refractivity contribution >= 4 is 0 Å². The Morgan fingerprint density at radius 1 is 0.857 bits per heavy atom. The standard InChI is InChI=1S/C9H14.2C2H6.CH4/c1-5-9(4)7-6-8(2)3;2*1-2;/h5-7H,1H2,2-4H3;2*1-2H3;1H4/b9-7-;;;. The summed E-state index contributed by atoms with van der Waals surface area (Å²) < 4.78 is 0. The molecule has 0 bridgehead atoms. The second kappa shape index (κ2) is 22.8. The third-order valence-electron chi connectivity index (χ3n) is 1.00. The maximum atomic E-state index is 3.64. The van der Waals surface area contributed by atoms with E-state index in [0.717, 1.165) is 0 Å². The Balaban J connectivity index is -0.0000000883. The molecule has 0 aliphatic rings. The van der Waals surface area contributed by atoms with Gasteiger partial charge in [0.05, 0.1) is 0 Å². The Labute approximate surface area is 92.4 Å². The van der Waals surface area contributed by atoms with E-state index in [2.05, 4.69) is 32.6 Å². The first-order chi connectivity index (χ1) is 6.16. The van der Waals surface area contributed by atoms with E-state index in [4.69, 9.17) is 0 Å². The van der Waals surface area contributed by atoms with E-state index in [1.54, 1.807) is 0 Å². The second-order valence-corrected chi connectivity index (χ2v) is 2.36. The molecule has 0 heteroatoms. The van der Waals surface area contributed by atoms with Crippen LogP contribution in [0.5, 0.6) is 0 Å². The Morgan fingerprint density at radius 3 is 1.43 bits per heavy atom. The minimum atomic E-state index is 0. The summed E-state index contributed by atoms with van der Waals surface area (Å²) in [5.74, 6) is 0. The van der Waals surface area contributed by atoms with Crippen molar-refractivity contribution in [3.8, 4) is 0 Å². The van der Waals surface area contributed by atoms with Crippen LogP contribution < -0.4 is 0 Å². The molecule has 0 saturated carbocycles. The van der Waals surface area contributed by atoms with Crippen molar-refractivity contribution in [2.45, 2.75) is 55.9 Å². The third-order valence-corrected chi connectivity index (χ3v) is 1.00. The third kappa shape index (κ3) is 30.3. The van der Waals surface area contributed by atoms with Crippen LogP contribution in [0.15, 0.2) is 36.0 Å². The van der Waals surface area contributed by atoms with E-state index in [0.29, 0.717) is 0 Å². The molecule has 0 amide bonds. The topological polar surface area (TPSA) is 0 Å². The first-order valence-corrected chi connectivity index (χ1v) is 5.11. The van der Waals surface area contributed by atoms with Crippen LogP contribution in [0.25, 0.3) is 0 Å². The lowest BCUT2D eigenvalue weighted by Crippen LogP contribution is -1.64. The van der Waals surface area contributed by atoms with Gasteiger partial charge in [0.25, 0.3) is 0 Å². The minimum absolute atomic E-state index is 0. The van der Waals surface area contributed by atoms with Crippen molar-refractivity contribution in [1.29, 1.82) is 0 Å². The second-order valence-electron chi connectivity index (χ2n) is 2.36. The molecule has 0 unspecified atom stereocenters. The summed E-state index contributed by atoms with van der Waals surface area (Å²) >= 11 is 0. The zero-order valence-electron chi connectivity index (χ0n) is 10.4. The first kappa shape index (κ1) is 23.2. The van der Waals surface area contributed by atoms with Crippen LogP contribution in [0.1, 0.15) is 55.9 Å². The maximum Gasteiger partial charge on any atom is -0.0398 e. The van der Waals surface area contributed by atoms with Crippen molar-refractivity contribution in [3.63, 3.8) is 0 Å². The monoisotopic (exact) mass is 198 g/mol. The van der Waals surface area contributed by atoms with Crippen LogP contribution >= 0.6 is 0 Å². The van der Waals surface area contributed by atoms with Crippen LogP contribution in [0, 0.1) is 0 Å². The molecule has 0 aromatic rings. The van der Waals surface area contributed by atoms with Gasteiger partial charge in [0.1, 0.15) is 0 Å². The molecule has 0 fully saturated rings. The molecule has 0 radical (unpaired) electrons. The largest absolute Gasteiger partial charge is 0.0988 e. The lowest BCUT2D eigenvalue weighted by molar-refractivity contribution is 1.38. The van der Waals surface area contributed by atoms with Crippen molar-refractivity contribution < 1.29 is 0 Å². The summed E-state index contributed by atoms with van der Waals surface area (Å²) in [6.07, 6.45) is 5.98. The molecule has 0 aliphatic heterocycles. The molecule has 86 valence electrons. The van der Waals surface area contributed by atoms with Gasteiger partial charge in [-0.1, -0.05) is 71.1 Å². The van der Waals surface area contributed by atoms with Gasteiger partial charge in [-0.05, 0) is 20.8 Å². The van der Waals surface area contributed by atoms with Crippen LogP contribution in [0.3, 0.4) is 0 Å². The highest BCUT2D eigenvalue weighted by Gasteiger charge is 1.74. The quantitative estimate of drug-likeness (QED) is 0.494. The molecule has 14 heavy (non-hydrogen) atoms. The van der Waals surface area contributed by atoms with Crippen LogP contribution in [-0.2, 0) is 0 Å². The van der Waals surface area contributed by atoms with Crippen molar-refractivity contribution in [3.05, 3.63) is 36.0 Å². The summed E-state index contributed by atoms with van der Waals surface area (Å²) in [5.41, 5.74) is 2.52. The van der Waals surface area contributed by atoms with E-state index >= 15 is 0 Å². The van der Waals surface area contributed by atoms with Gasteiger partial charge in [-0.2, -0.15) is 0 Å². The molecule has 0 aliphatic carbocycles. The molecule has 0 rings (SSSR count). The highest BCUT2D eigenvalue weighted by molar-refractivity contribution is 5.21. The Bertz CT molecular complexity index is 143. The fourth-order valence-corrected chi connectivity index (χ4v) is 0.366. The Morgan fingerprint density at radius 2 is 1.21 bits per heavy atom. The molecule has 0 saturated heterocycles. The van der Waals surface area contributed by atoms with Crippen LogP contribution in [0.2, 0.25) is 0 Å². The molecule has 0 spiro atoms. The van der Waals surface area contributed by atoms with Crippen LogP contribution in [-0.4, -0.2) is 0 Å². The van der Waals surface area contributed by atoms with Gasteiger partial charge in [0.2, 0.25) is 0 Å². The van der Waals surface area contributed by atoms with E-state index in [1.165, 1.54) is 11.1 Å². The van der Waals surface area contributed by atoms with Gasteiger partial charge in [-0.3, -0.25) is 0 Å². The molecule has 0 atom stereocenters. The number of hydrogen-bond donors (Lipinski definition) is 0. The first-order valence-electron chi connectivity index (χ1n) is 5.11. The summed E-state index contributed by atoms with van der Waals surface area (Å²) in [4.78, 5) is 0. The zero-order valence-corrected chi connectivity index (χ0v) is 10.4. The van der Waals surface area contributed by atoms with Crippen LogP contribution in [0.4, 0.5) is 0 Å². The molecule has 0 nitrogen and oxygen atoms in total. The smallest absolute Gasteiger partial charge is 0.0398 e. The average molecular weight is 198 g/mol. The van der Waals surface area contributed by atoms with Crippen molar-refractivity contribution in [2.75, 3.05) is 0 Å². The van der Waals surface area contributed by atoms with Gasteiger partial charge < -0.3 is 0 Å². The predicted octanol–water partition coefficient (Wildman–Crippen LogP) is 5.77. The summed E-state index contributed by atoms with van der Waals surface area (Å²) in [6.45, 7) is 17.8. The fourth-order valence-electron chi connectivity index (χ4n) is 0.366. The van der Waals surface area contributed by atoms with E-state index in [-0.39, 0.29) is 7.43 Å². The number of hydrogen-bond acceptors (Lipinski definition) is 0. The van der Waals surface area contributed by atoms with E-state index in [1.807, 2.05) is 40.7 Å². The SMILES string of the molecule is C.C=C/C(C)=C\C=C(C)C.CC.CC. The van der Waals surface area contributed by atoms with Gasteiger partial charge in [0.15, 0.2) is 0 Å².